The Morgan fingerprint density at radius 1 is 0.530 bits per heavy atom. The van der Waals surface area contributed by atoms with Crippen molar-refractivity contribution in [2.75, 3.05) is 11.1 Å². The molecule has 1 aliphatic rings. The molecule has 23 nitrogen and oxygen atoms in total. The molecule has 0 radical (unpaired) electrons. The van der Waals surface area contributed by atoms with Crippen molar-refractivity contribution in [3.05, 3.63) is 184 Å². The second-order valence-corrected chi connectivity index (χ2v) is 21.2. The number of primary amides is 3. The van der Waals surface area contributed by atoms with Crippen LogP contribution in [0.1, 0.15) is 105 Å². The third-order valence-corrected chi connectivity index (χ3v) is 14.4. The monoisotopic (exact) mass is 1140 g/mol. The van der Waals surface area contributed by atoms with Crippen LogP contribution in [0.3, 0.4) is 0 Å². The van der Waals surface area contributed by atoms with Crippen LogP contribution in [0.25, 0.3) is 43.1 Å². The Balaban J connectivity index is 0.000000183. The summed E-state index contributed by atoms with van der Waals surface area (Å²) in [5.74, 6) is -1.57. The molecule has 436 valence electrons. The van der Waals surface area contributed by atoms with Gasteiger partial charge in [0, 0.05) is 70.1 Å². The van der Waals surface area contributed by atoms with Crippen molar-refractivity contribution in [3.63, 3.8) is 0 Å². The molecule has 1 fully saturated rings. The highest BCUT2D eigenvalue weighted by molar-refractivity contribution is 6.02. The summed E-state index contributed by atoms with van der Waals surface area (Å²) < 4.78 is 8.61. The second kappa shape index (κ2) is 27.6. The maximum Gasteiger partial charge on any atom is 0.343 e. The van der Waals surface area contributed by atoms with Crippen LogP contribution in [-0.4, -0.2) is 47.2 Å². The zero-order chi connectivity index (χ0) is 61.0. The molecule has 0 bridgehead atoms. The number of rotatable bonds is 14. The van der Waals surface area contributed by atoms with Gasteiger partial charge in [0.1, 0.15) is 18.1 Å². The molecule has 4 aromatic carbocycles. The second-order valence-electron chi connectivity index (χ2n) is 21.2. The summed E-state index contributed by atoms with van der Waals surface area (Å²) in [4.78, 5) is 117. The average Bonchev–Trinajstić information content (AvgIpc) is 3.34. The van der Waals surface area contributed by atoms with Crippen LogP contribution in [-0.2, 0) is 19.2 Å². The number of nitrogens with one attached hydrogen (secondary N) is 1. The Labute approximate surface area is 475 Å². The number of amides is 4. The van der Waals surface area contributed by atoms with Crippen LogP contribution in [0, 0.1) is 43.9 Å². The number of hydrogen-bond donors (Lipinski definition) is 5. The molecule has 4 aromatic heterocycles. The molecule has 1 aliphatic carbocycles. The lowest BCUT2D eigenvalue weighted by Gasteiger charge is -2.21. The number of carbonyl (C=O) groups is 4. The lowest BCUT2D eigenvalue weighted by atomic mass is 9.96. The molecule has 0 aliphatic heterocycles. The van der Waals surface area contributed by atoms with E-state index in [1.165, 1.54) is 94.1 Å². The quantitative estimate of drug-likeness (QED) is 0.0295. The van der Waals surface area contributed by atoms with Gasteiger partial charge in [0.25, 0.3) is 28.1 Å². The van der Waals surface area contributed by atoms with Crippen LogP contribution in [0.15, 0.2) is 146 Å². The van der Waals surface area contributed by atoms with Crippen molar-refractivity contribution in [3.8, 4) is 0 Å². The van der Waals surface area contributed by atoms with E-state index in [0.717, 1.165) is 19.1 Å². The number of nitrogen functional groups attached to an aromatic ring is 1. The van der Waals surface area contributed by atoms with E-state index in [-0.39, 0.29) is 62.3 Å². The smallest absolute Gasteiger partial charge is 0.343 e. The maximum atomic E-state index is 13.0. The molecule has 1 saturated carbocycles. The molecule has 9 N–H and O–H groups in total. The van der Waals surface area contributed by atoms with E-state index < -0.39 is 56.9 Å². The Morgan fingerprint density at radius 3 is 1.36 bits per heavy atom. The number of fused-ring (bicyclic) bond motifs is 4. The highest BCUT2D eigenvalue weighted by atomic mass is 16.6. The fraction of sp³-hybridized carbons (Fsp3) is 0.333. The summed E-state index contributed by atoms with van der Waals surface area (Å²) in [7, 11) is 0. The lowest BCUT2D eigenvalue weighted by molar-refractivity contribution is -0.383. The van der Waals surface area contributed by atoms with E-state index in [1.54, 1.807) is 68.7 Å². The number of nitrogens with two attached hydrogens (primary N) is 4. The van der Waals surface area contributed by atoms with E-state index in [9.17, 15) is 58.6 Å². The third kappa shape index (κ3) is 14.6. The van der Waals surface area contributed by atoms with Crippen LogP contribution in [0.2, 0.25) is 0 Å². The largest absolute Gasteiger partial charge is 0.431 e. The first-order chi connectivity index (χ1) is 39.3. The lowest BCUT2D eigenvalue weighted by Crippen LogP contribution is -2.36. The van der Waals surface area contributed by atoms with Gasteiger partial charge in [-0.15, -0.1) is 0 Å². The molecular weight excluding hydrogens is 1070 g/mol. The number of nitrogens with zero attached hydrogens (tertiary/aromatic N) is 5. The van der Waals surface area contributed by atoms with Crippen molar-refractivity contribution >= 4 is 89.5 Å². The fourth-order valence-corrected chi connectivity index (χ4v) is 10.5. The first-order valence-electron chi connectivity index (χ1n) is 27.0. The summed E-state index contributed by atoms with van der Waals surface area (Å²) in [6, 6.07) is 23.3. The Morgan fingerprint density at radius 2 is 0.916 bits per heavy atom. The molecule has 0 saturated heterocycles. The van der Waals surface area contributed by atoms with Crippen LogP contribution < -0.4 is 50.6 Å². The summed E-state index contributed by atoms with van der Waals surface area (Å²) in [6.07, 6.45) is 13.4. The molecule has 4 amide bonds. The van der Waals surface area contributed by atoms with Crippen molar-refractivity contribution in [2.24, 2.45) is 40.9 Å². The number of aromatic nitrogens is 3. The normalized spacial score (nSPS) is 13.6. The number of pyridine rings is 3. The summed E-state index contributed by atoms with van der Waals surface area (Å²) in [5, 5.41) is 27.9. The van der Waals surface area contributed by atoms with Crippen molar-refractivity contribution in [2.45, 2.75) is 105 Å². The predicted molar refractivity (Wildman–Crippen MR) is 318 cm³/mol. The zero-order valence-corrected chi connectivity index (χ0v) is 46.9. The van der Waals surface area contributed by atoms with Crippen molar-refractivity contribution < 1.29 is 33.4 Å². The number of anilines is 2. The molecule has 9 rings (SSSR count). The standard InChI is InChI=1S/C23H31N3O3.C14H15N3O4.C14H17N3O2.C9H5NO4/c1-15(2)21(22(24)28)26-13-12-17-18(23(26)29)10-7-11-19(17)25-20(27)14-16-8-5-3-4-6-9-16;1-8(2)12(13(15)18)16-7-6-9-10(14(16)19)4-3-5-11(9)17(20)21;1-8(2)12(13(16)18)17-7-6-9-10(14(17)19)4-3-5-11(9)15;11-9-7-2-1-3-8(10(12)13)6(7)4-5-14-9/h7,10-13,15-16,21H,3-6,8-9,14H2,1-2H3,(H2,24,28)(H,25,27);3-8,12H,1-2H3,(H2,15,18);3-8,12H,15H2,1-2H3,(H2,16,18);1-5H/t21-;2*12-;/m111./s1. The van der Waals surface area contributed by atoms with E-state index in [4.69, 9.17) is 22.9 Å². The number of benzene rings is 4. The van der Waals surface area contributed by atoms with Gasteiger partial charge in [-0.25, -0.2) is 4.79 Å². The molecule has 23 heteroatoms. The van der Waals surface area contributed by atoms with Gasteiger partial charge in [-0.3, -0.25) is 53.8 Å². The summed E-state index contributed by atoms with van der Waals surface area (Å²) in [5.41, 5.74) is 21.5. The SMILES string of the molecule is CC(C)[C@H](C(N)=O)n1ccc2c(N)cccc2c1=O.CC(C)[C@H](C(N)=O)n1ccc2c(NC(=O)CC3CCCCCC3)cccc2c1=O.CC(C)[C@H](C(N)=O)n1ccc2c([N+](=O)[O-])cccc2c1=O.O=c1occc2c([N+](=O)[O-])cccc12. The van der Waals surface area contributed by atoms with Crippen LogP contribution in [0.5, 0.6) is 0 Å². The van der Waals surface area contributed by atoms with Gasteiger partial charge < -0.3 is 46.4 Å². The first-order valence-corrected chi connectivity index (χ1v) is 27.0. The third-order valence-electron chi connectivity index (χ3n) is 14.4. The minimum Gasteiger partial charge on any atom is -0.431 e. The Kier molecular flexibility index (Phi) is 20.7. The van der Waals surface area contributed by atoms with Crippen molar-refractivity contribution in [1.29, 1.82) is 0 Å². The van der Waals surface area contributed by atoms with E-state index in [0.29, 0.717) is 50.6 Å². The predicted octanol–water partition coefficient (Wildman–Crippen LogP) is 8.54. The topological polar surface area (TPSA) is 367 Å². The number of non-ortho nitro benzene ring substituents is 2. The number of hydrogen-bond acceptors (Lipinski definition) is 14. The molecule has 4 heterocycles. The Hall–Kier alpha value is -9.80. The van der Waals surface area contributed by atoms with E-state index >= 15 is 0 Å². The number of nitro groups is 2. The maximum absolute atomic E-state index is 13.0. The van der Waals surface area contributed by atoms with E-state index in [1.807, 2.05) is 33.8 Å². The number of carbonyl (C=O) groups excluding carboxylic acids is 4. The minimum absolute atomic E-state index is 0.00854. The van der Waals surface area contributed by atoms with Crippen LogP contribution >= 0.6 is 0 Å². The van der Waals surface area contributed by atoms with Gasteiger partial charge in [0.2, 0.25) is 23.6 Å². The minimum atomic E-state index is -0.791. The van der Waals surface area contributed by atoms with Gasteiger partial charge in [-0.1, -0.05) is 91.5 Å². The van der Waals surface area contributed by atoms with Gasteiger partial charge in [0.05, 0.1) is 37.7 Å². The van der Waals surface area contributed by atoms with Gasteiger partial charge in [-0.2, -0.15) is 0 Å². The van der Waals surface area contributed by atoms with Crippen molar-refractivity contribution in [1.82, 2.24) is 13.7 Å². The molecule has 8 aromatic rings. The average molecular weight is 1140 g/mol. The first kappa shape index (κ1) is 62.4. The van der Waals surface area contributed by atoms with Crippen LogP contribution in [0.4, 0.5) is 22.7 Å². The highest BCUT2D eigenvalue weighted by Crippen LogP contribution is 2.29. The summed E-state index contributed by atoms with van der Waals surface area (Å²) in [6.45, 7) is 11.0. The van der Waals surface area contributed by atoms with Gasteiger partial charge in [-0.05, 0) is 97.2 Å². The number of nitro benzene ring substituents is 2. The molecule has 0 spiro atoms. The molecular formula is C60H68N10O13. The molecule has 83 heavy (non-hydrogen) atoms. The van der Waals surface area contributed by atoms with Gasteiger partial charge >= 0.3 is 5.63 Å². The zero-order valence-electron chi connectivity index (χ0n) is 46.9. The molecule has 3 atom stereocenters. The fourth-order valence-electron chi connectivity index (χ4n) is 10.5. The van der Waals surface area contributed by atoms with Gasteiger partial charge in [0.15, 0.2) is 0 Å². The Bertz CT molecular complexity index is 3990. The highest BCUT2D eigenvalue weighted by Gasteiger charge is 2.27. The summed E-state index contributed by atoms with van der Waals surface area (Å²) >= 11 is 0. The molecule has 0 unspecified atom stereocenters. The van der Waals surface area contributed by atoms with E-state index in [2.05, 4.69) is 9.73 Å².